The van der Waals surface area contributed by atoms with E-state index in [2.05, 4.69) is 5.32 Å². The molecule has 0 aromatic heterocycles. The van der Waals surface area contributed by atoms with Gasteiger partial charge in [-0.25, -0.2) is 0 Å². The van der Waals surface area contributed by atoms with Crippen LogP contribution in [0.4, 0.5) is 0 Å². The van der Waals surface area contributed by atoms with E-state index in [1.807, 2.05) is 4.90 Å². The van der Waals surface area contributed by atoms with E-state index in [1.165, 1.54) is 19.3 Å². The molecule has 2 heterocycles. The molecule has 1 saturated heterocycles. The molecule has 1 aromatic rings. The van der Waals surface area contributed by atoms with Gasteiger partial charge in [0.2, 0.25) is 6.79 Å². The van der Waals surface area contributed by atoms with Crippen molar-refractivity contribution in [1.29, 1.82) is 0 Å². The Labute approximate surface area is 169 Å². The molecule has 1 aromatic carbocycles. The summed E-state index contributed by atoms with van der Waals surface area (Å²) in [6.45, 7) is 0.284. The van der Waals surface area contributed by atoms with Crippen LogP contribution in [-0.2, 0) is 14.3 Å². The van der Waals surface area contributed by atoms with Crippen molar-refractivity contribution in [3.8, 4) is 11.5 Å². The number of hydrogen-bond acceptors (Lipinski definition) is 6. The maximum Gasteiger partial charge on any atom is 0.325 e. The van der Waals surface area contributed by atoms with Crippen LogP contribution in [0.2, 0.25) is 0 Å². The Kier molecular flexibility index (Phi) is 5.87. The number of hydrogen-bond donors (Lipinski definition) is 1. The summed E-state index contributed by atoms with van der Waals surface area (Å²) in [4.78, 5) is 38.6. The first-order valence-corrected chi connectivity index (χ1v) is 10.2. The molecule has 2 atom stereocenters. The van der Waals surface area contributed by atoms with Gasteiger partial charge in [0.1, 0.15) is 6.54 Å². The first kappa shape index (κ1) is 19.5. The smallest absolute Gasteiger partial charge is 0.325 e. The summed E-state index contributed by atoms with van der Waals surface area (Å²) < 4.78 is 15.6. The highest BCUT2D eigenvalue weighted by atomic mass is 16.7. The predicted molar refractivity (Wildman–Crippen MR) is 103 cm³/mol. The summed E-state index contributed by atoms with van der Waals surface area (Å²) in [5.74, 6) is 0.457. The number of nitrogens with zero attached hydrogens (tertiary/aromatic N) is 1. The van der Waals surface area contributed by atoms with Crippen LogP contribution in [0.5, 0.6) is 11.5 Å². The third kappa shape index (κ3) is 4.46. The molecule has 0 spiro atoms. The van der Waals surface area contributed by atoms with E-state index in [0.29, 0.717) is 23.0 Å². The van der Waals surface area contributed by atoms with Crippen molar-refractivity contribution in [2.45, 2.75) is 44.6 Å². The fraction of sp³-hybridized carbons (Fsp3) is 0.571. The molecule has 2 aliphatic heterocycles. The average Bonchev–Trinajstić information content (AvgIpc) is 3.23. The second-order valence-electron chi connectivity index (χ2n) is 7.75. The Morgan fingerprint density at radius 3 is 2.76 bits per heavy atom. The van der Waals surface area contributed by atoms with Crippen LogP contribution in [0.1, 0.15) is 48.9 Å². The lowest BCUT2D eigenvalue weighted by Crippen LogP contribution is -2.51. The number of carbonyl (C=O) groups is 3. The predicted octanol–water partition coefficient (Wildman–Crippen LogP) is 1.87. The van der Waals surface area contributed by atoms with Gasteiger partial charge < -0.3 is 24.4 Å². The van der Waals surface area contributed by atoms with Crippen LogP contribution < -0.4 is 14.8 Å². The first-order chi connectivity index (χ1) is 14.1. The number of rotatable bonds is 5. The molecule has 8 nitrogen and oxygen atoms in total. The molecule has 1 saturated carbocycles. The molecule has 0 unspecified atom stereocenters. The van der Waals surface area contributed by atoms with E-state index in [0.717, 1.165) is 25.8 Å². The Morgan fingerprint density at radius 1 is 1.07 bits per heavy atom. The number of fused-ring (bicyclic) bond motifs is 2. The van der Waals surface area contributed by atoms with E-state index in [9.17, 15) is 14.4 Å². The van der Waals surface area contributed by atoms with E-state index in [1.54, 1.807) is 18.2 Å². The Bertz CT molecular complexity index is 793. The minimum absolute atomic E-state index is 0.124. The monoisotopic (exact) mass is 402 g/mol. The zero-order chi connectivity index (χ0) is 20.2. The van der Waals surface area contributed by atoms with Crippen LogP contribution >= 0.6 is 0 Å². The van der Waals surface area contributed by atoms with Gasteiger partial charge >= 0.3 is 5.97 Å². The number of ether oxygens (including phenoxy) is 3. The zero-order valence-corrected chi connectivity index (χ0v) is 16.4. The van der Waals surface area contributed by atoms with Gasteiger partial charge in [-0.3, -0.25) is 14.4 Å². The number of likely N-dealkylation sites (tertiary alicyclic amines) is 1. The van der Waals surface area contributed by atoms with Crippen molar-refractivity contribution in [1.82, 2.24) is 10.2 Å². The van der Waals surface area contributed by atoms with E-state index < -0.39 is 11.9 Å². The Hall–Kier alpha value is -2.77. The fourth-order valence-corrected chi connectivity index (χ4v) is 4.50. The number of nitrogens with one attached hydrogen (secondary N) is 1. The van der Waals surface area contributed by atoms with Gasteiger partial charge in [0.25, 0.3) is 11.8 Å². The quantitative estimate of drug-likeness (QED) is 0.756. The number of benzene rings is 1. The summed E-state index contributed by atoms with van der Waals surface area (Å²) >= 11 is 0. The van der Waals surface area contributed by atoms with E-state index in [-0.39, 0.29) is 31.9 Å². The number of piperidine rings is 1. The van der Waals surface area contributed by atoms with Crippen LogP contribution in [0.3, 0.4) is 0 Å². The molecule has 1 aliphatic carbocycles. The second-order valence-corrected chi connectivity index (χ2v) is 7.75. The van der Waals surface area contributed by atoms with E-state index in [4.69, 9.17) is 14.2 Å². The summed E-state index contributed by atoms with van der Waals surface area (Å²) in [5, 5.41) is 2.50. The van der Waals surface area contributed by atoms with Gasteiger partial charge in [-0.15, -0.1) is 0 Å². The average molecular weight is 402 g/mol. The standard InChI is InChI=1S/C21H26N2O6/c24-19(23-9-3-5-14-4-1-2-6-16(14)23)12-27-20(25)11-22-21(26)15-7-8-17-18(10-15)29-13-28-17/h7-8,10,14,16H,1-6,9,11-13H2,(H,22,26)/t14-,16+/m1/s1. The lowest BCUT2D eigenvalue weighted by molar-refractivity contribution is -0.154. The van der Waals surface area contributed by atoms with Crippen LogP contribution in [-0.4, -0.2) is 55.2 Å². The third-order valence-electron chi connectivity index (χ3n) is 5.95. The molecule has 1 N–H and O–H groups in total. The molecule has 29 heavy (non-hydrogen) atoms. The van der Waals surface area contributed by atoms with Gasteiger partial charge in [-0.05, 0) is 49.8 Å². The largest absolute Gasteiger partial charge is 0.454 e. The minimum atomic E-state index is -0.635. The van der Waals surface area contributed by atoms with Crippen LogP contribution in [0.15, 0.2) is 18.2 Å². The van der Waals surface area contributed by atoms with Crippen molar-refractivity contribution in [2.75, 3.05) is 26.5 Å². The van der Waals surface area contributed by atoms with Gasteiger partial charge in [-0.1, -0.05) is 12.8 Å². The molecule has 0 radical (unpaired) electrons. The minimum Gasteiger partial charge on any atom is -0.454 e. The van der Waals surface area contributed by atoms with Gasteiger partial charge in [0.05, 0.1) is 0 Å². The third-order valence-corrected chi connectivity index (χ3v) is 5.95. The SMILES string of the molecule is O=C(CNC(=O)c1ccc2c(c1)OCO2)OCC(=O)N1CCC[C@H]2CCCC[C@@H]21. The van der Waals surface area contributed by atoms with Crippen molar-refractivity contribution >= 4 is 17.8 Å². The second kappa shape index (κ2) is 8.71. The summed E-state index contributed by atoms with van der Waals surface area (Å²) in [6, 6.07) is 5.08. The molecule has 0 bridgehead atoms. The van der Waals surface area contributed by atoms with Gasteiger partial charge in [-0.2, -0.15) is 0 Å². The molecule has 8 heteroatoms. The lowest BCUT2D eigenvalue weighted by Gasteiger charge is -2.44. The van der Waals surface area contributed by atoms with Crippen molar-refractivity contribution in [2.24, 2.45) is 5.92 Å². The van der Waals surface area contributed by atoms with Crippen molar-refractivity contribution in [3.05, 3.63) is 23.8 Å². The van der Waals surface area contributed by atoms with Crippen LogP contribution in [0, 0.1) is 5.92 Å². The lowest BCUT2D eigenvalue weighted by atomic mass is 9.78. The normalized spacial score (nSPS) is 22.6. The Balaban J connectivity index is 1.22. The topological polar surface area (TPSA) is 94.2 Å². The number of amides is 2. The summed E-state index contributed by atoms with van der Waals surface area (Å²) in [6.07, 6.45) is 6.79. The molecule has 3 aliphatic rings. The molecule has 2 amide bonds. The summed E-state index contributed by atoms with van der Waals surface area (Å²) in [5.41, 5.74) is 0.356. The fourth-order valence-electron chi connectivity index (χ4n) is 4.50. The zero-order valence-electron chi connectivity index (χ0n) is 16.4. The molecule has 2 fully saturated rings. The van der Waals surface area contributed by atoms with E-state index >= 15 is 0 Å². The molecular formula is C21H26N2O6. The number of esters is 1. The van der Waals surface area contributed by atoms with Crippen LogP contribution in [0.25, 0.3) is 0 Å². The molecule has 4 rings (SSSR count). The highest BCUT2D eigenvalue weighted by Gasteiger charge is 2.35. The Morgan fingerprint density at radius 2 is 1.86 bits per heavy atom. The molecule has 156 valence electrons. The van der Waals surface area contributed by atoms with Crippen molar-refractivity contribution in [3.63, 3.8) is 0 Å². The maximum absolute atomic E-state index is 12.6. The highest BCUT2D eigenvalue weighted by Crippen LogP contribution is 2.35. The maximum atomic E-state index is 12.6. The van der Waals surface area contributed by atoms with Gasteiger partial charge in [0, 0.05) is 18.2 Å². The van der Waals surface area contributed by atoms with Crippen molar-refractivity contribution < 1.29 is 28.6 Å². The van der Waals surface area contributed by atoms with Gasteiger partial charge in [0.15, 0.2) is 18.1 Å². The molecular weight excluding hydrogens is 376 g/mol. The number of carbonyl (C=O) groups excluding carboxylic acids is 3. The first-order valence-electron chi connectivity index (χ1n) is 10.2. The summed E-state index contributed by atoms with van der Waals surface area (Å²) in [7, 11) is 0. The highest BCUT2D eigenvalue weighted by molar-refractivity contribution is 5.96.